The van der Waals surface area contributed by atoms with Crippen molar-refractivity contribution < 1.29 is 9.47 Å². The number of hydrogen-bond donors (Lipinski definition) is 0. The SMILES string of the molecule is CC(OCc1ccccc1)Oc1ccc2c(c1)C1C(C2C(C)C)C1(C)C. The second-order valence-corrected chi connectivity index (χ2v) is 8.87. The van der Waals surface area contributed by atoms with Gasteiger partial charge in [-0.15, -0.1) is 0 Å². The van der Waals surface area contributed by atoms with Gasteiger partial charge in [-0.2, -0.15) is 0 Å². The van der Waals surface area contributed by atoms with Crippen molar-refractivity contribution in [2.75, 3.05) is 0 Å². The lowest BCUT2D eigenvalue weighted by atomic mass is 9.81. The number of ether oxygens (including phenoxy) is 2. The maximum absolute atomic E-state index is 6.07. The minimum Gasteiger partial charge on any atom is -0.465 e. The summed E-state index contributed by atoms with van der Waals surface area (Å²) in [7, 11) is 0. The maximum atomic E-state index is 6.07. The lowest BCUT2D eigenvalue weighted by Gasteiger charge is -2.24. The van der Waals surface area contributed by atoms with Gasteiger partial charge in [0, 0.05) is 0 Å². The van der Waals surface area contributed by atoms with E-state index in [2.05, 4.69) is 58.0 Å². The summed E-state index contributed by atoms with van der Waals surface area (Å²) < 4.78 is 11.9. The molecule has 0 aliphatic heterocycles. The first-order valence-electron chi connectivity index (χ1n) is 9.85. The van der Waals surface area contributed by atoms with Gasteiger partial charge < -0.3 is 9.47 Å². The molecule has 0 amide bonds. The molecule has 2 aromatic carbocycles. The van der Waals surface area contributed by atoms with E-state index in [4.69, 9.17) is 9.47 Å². The predicted octanol–water partition coefficient (Wildman–Crippen LogP) is 6.12. The molecule has 138 valence electrons. The first kappa shape index (κ1) is 17.6. The molecule has 0 aromatic heterocycles. The molecule has 0 saturated heterocycles. The summed E-state index contributed by atoms with van der Waals surface area (Å²) in [6, 6.07) is 16.9. The molecule has 0 N–H and O–H groups in total. The summed E-state index contributed by atoms with van der Waals surface area (Å²) in [4.78, 5) is 0. The Morgan fingerprint density at radius 3 is 2.38 bits per heavy atom. The Hall–Kier alpha value is -1.80. The van der Waals surface area contributed by atoms with Crippen molar-refractivity contribution in [2.45, 2.75) is 59.4 Å². The van der Waals surface area contributed by atoms with E-state index in [0.717, 1.165) is 11.7 Å². The van der Waals surface area contributed by atoms with E-state index in [1.807, 2.05) is 25.1 Å². The third kappa shape index (κ3) is 2.95. The van der Waals surface area contributed by atoms with Gasteiger partial charge >= 0.3 is 0 Å². The fraction of sp³-hybridized carbons (Fsp3) is 0.500. The van der Waals surface area contributed by atoms with Crippen molar-refractivity contribution in [3.8, 4) is 5.75 Å². The molecule has 2 aromatic rings. The fourth-order valence-corrected chi connectivity index (χ4v) is 5.12. The number of benzene rings is 2. The topological polar surface area (TPSA) is 18.5 Å². The van der Waals surface area contributed by atoms with Crippen molar-refractivity contribution in [2.24, 2.45) is 17.3 Å². The van der Waals surface area contributed by atoms with Crippen LogP contribution < -0.4 is 4.74 Å². The summed E-state index contributed by atoms with van der Waals surface area (Å²) in [5.41, 5.74) is 4.64. The van der Waals surface area contributed by atoms with Crippen molar-refractivity contribution >= 4 is 0 Å². The van der Waals surface area contributed by atoms with E-state index < -0.39 is 0 Å². The van der Waals surface area contributed by atoms with Gasteiger partial charge in [-0.3, -0.25) is 0 Å². The van der Waals surface area contributed by atoms with E-state index in [0.29, 0.717) is 29.8 Å². The van der Waals surface area contributed by atoms with E-state index in [9.17, 15) is 0 Å². The zero-order valence-electron chi connectivity index (χ0n) is 16.5. The average molecular weight is 351 g/mol. The Balaban J connectivity index is 1.46. The van der Waals surface area contributed by atoms with E-state index in [-0.39, 0.29) is 6.29 Å². The molecule has 2 heteroatoms. The number of rotatable bonds is 6. The smallest absolute Gasteiger partial charge is 0.197 e. The van der Waals surface area contributed by atoms with Gasteiger partial charge in [0.1, 0.15) is 5.75 Å². The summed E-state index contributed by atoms with van der Waals surface area (Å²) in [5.74, 6) is 3.78. The van der Waals surface area contributed by atoms with Gasteiger partial charge in [-0.1, -0.05) is 64.1 Å². The summed E-state index contributed by atoms with van der Waals surface area (Å²) in [6.07, 6.45) is -0.265. The van der Waals surface area contributed by atoms with Crippen LogP contribution in [0.25, 0.3) is 0 Å². The molecule has 4 atom stereocenters. The largest absolute Gasteiger partial charge is 0.465 e. The molecule has 0 radical (unpaired) electrons. The van der Waals surface area contributed by atoms with E-state index >= 15 is 0 Å². The molecule has 26 heavy (non-hydrogen) atoms. The van der Waals surface area contributed by atoms with Gasteiger partial charge in [-0.05, 0) is 64.8 Å². The molecule has 0 spiro atoms. The normalized spacial score (nSPS) is 26.3. The number of hydrogen-bond acceptors (Lipinski definition) is 2. The molecule has 0 bridgehead atoms. The third-order valence-corrected chi connectivity index (χ3v) is 6.40. The fourth-order valence-electron chi connectivity index (χ4n) is 5.12. The van der Waals surface area contributed by atoms with Crippen LogP contribution in [0.1, 0.15) is 63.1 Å². The highest BCUT2D eigenvalue weighted by Crippen LogP contribution is 2.75. The van der Waals surface area contributed by atoms with Crippen molar-refractivity contribution in [1.82, 2.24) is 0 Å². The minimum absolute atomic E-state index is 0.265. The van der Waals surface area contributed by atoms with Crippen LogP contribution in [0, 0.1) is 17.3 Å². The molecular weight excluding hydrogens is 320 g/mol. The Kier molecular flexibility index (Phi) is 4.35. The molecule has 1 saturated carbocycles. The van der Waals surface area contributed by atoms with E-state index in [1.165, 1.54) is 11.1 Å². The second-order valence-electron chi connectivity index (χ2n) is 8.87. The van der Waals surface area contributed by atoms with Gasteiger partial charge in [0.05, 0.1) is 6.61 Å². The first-order chi connectivity index (χ1) is 12.4. The highest BCUT2D eigenvalue weighted by molar-refractivity contribution is 5.52. The molecule has 2 aliphatic carbocycles. The molecule has 4 unspecified atom stereocenters. The molecule has 1 fully saturated rings. The van der Waals surface area contributed by atoms with Gasteiger partial charge in [0.2, 0.25) is 0 Å². The highest BCUT2D eigenvalue weighted by atomic mass is 16.7. The van der Waals surface area contributed by atoms with Crippen LogP contribution in [0.15, 0.2) is 48.5 Å². The zero-order valence-corrected chi connectivity index (χ0v) is 16.5. The predicted molar refractivity (Wildman–Crippen MR) is 105 cm³/mol. The maximum Gasteiger partial charge on any atom is 0.197 e. The highest BCUT2D eigenvalue weighted by Gasteiger charge is 2.66. The average Bonchev–Trinajstić information content (AvgIpc) is 2.99. The molecular formula is C24H30O2. The van der Waals surface area contributed by atoms with Gasteiger partial charge in [0.15, 0.2) is 6.29 Å². The van der Waals surface area contributed by atoms with E-state index in [1.54, 1.807) is 5.56 Å². The van der Waals surface area contributed by atoms with Crippen molar-refractivity contribution in [3.63, 3.8) is 0 Å². The monoisotopic (exact) mass is 350 g/mol. The first-order valence-corrected chi connectivity index (χ1v) is 9.85. The minimum atomic E-state index is -0.265. The van der Waals surface area contributed by atoms with Crippen molar-refractivity contribution in [1.29, 1.82) is 0 Å². The number of fused-ring (bicyclic) bond motifs is 3. The van der Waals surface area contributed by atoms with Gasteiger partial charge in [0.25, 0.3) is 0 Å². The standard InChI is InChI=1S/C24H30O2/c1-15(2)21-19-12-11-18(13-20(19)22-23(21)24(22,4)5)26-16(3)25-14-17-9-7-6-8-10-17/h6-13,15-16,21-23H,14H2,1-5H3. The van der Waals surface area contributed by atoms with Crippen LogP contribution in [-0.4, -0.2) is 6.29 Å². The van der Waals surface area contributed by atoms with Crippen molar-refractivity contribution in [3.05, 3.63) is 65.2 Å². The molecule has 0 heterocycles. The molecule has 4 rings (SSSR count). The van der Waals surface area contributed by atoms with Crippen LogP contribution in [0.2, 0.25) is 0 Å². The lowest BCUT2D eigenvalue weighted by Crippen LogP contribution is -2.17. The third-order valence-electron chi connectivity index (χ3n) is 6.40. The van der Waals surface area contributed by atoms with Crippen LogP contribution in [0.4, 0.5) is 0 Å². The second kappa shape index (κ2) is 6.42. The lowest BCUT2D eigenvalue weighted by molar-refractivity contribution is -0.0759. The summed E-state index contributed by atoms with van der Waals surface area (Å²) in [6.45, 7) is 12.1. The Morgan fingerprint density at radius 1 is 0.962 bits per heavy atom. The van der Waals surface area contributed by atoms with Crippen LogP contribution in [0.3, 0.4) is 0 Å². The Labute approximate surface area is 157 Å². The van der Waals surface area contributed by atoms with Crippen LogP contribution >= 0.6 is 0 Å². The Morgan fingerprint density at radius 2 is 1.69 bits per heavy atom. The molecule has 2 aliphatic rings. The zero-order chi connectivity index (χ0) is 18.5. The van der Waals surface area contributed by atoms with Crippen LogP contribution in [-0.2, 0) is 11.3 Å². The molecule has 2 nitrogen and oxygen atoms in total. The Bertz CT molecular complexity index is 778. The summed E-state index contributed by atoms with van der Waals surface area (Å²) in [5, 5.41) is 0. The quantitative estimate of drug-likeness (QED) is 0.584. The van der Waals surface area contributed by atoms with Crippen LogP contribution in [0.5, 0.6) is 5.75 Å². The summed E-state index contributed by atoms with van der Waals surface area (Å²) >= 11 is 0. The van der Waals surface area contributed by atoms with Gasteiger partial charge in [-0.25, -0.2) is 0 Å².